The van der Waals surface area contributed by atoms with E-state index in [4.69, 9.17) is 9.84 Å². The first-order valence-electron chi connectivity index (χ1n) is 9.86. The molecule has 2 aromatic rings. The summed E-state index contributed by atoms with van der Waals surface area (Å²) in [6, 6.07) is 11.2. The summed E-state index contributed by atoms with van der Waals surface area (Å²) in [5.41, 5.74) is 0.802. The van der Waals surface area contributed by atoms with Gasteiger partial charge in [0.25, 0.3) is 11.7 Å². The van der Waals surface area contributed by atoms with Crippen molar-refractivity contribution in [3.8, 4) is 5.75 Å². The minimum Gasteiger partial charge on any atom is -0.507 e. The molecule has 0 aromatic heterocycles. The molecule has 7 heteroatoms. The van der Waals surface area contributed by atoms with E-state index in [1.807, 2.05) is 6.92 Å². The van der Waals surface area contributed by atoms with E-state index < -0.39 is 23.5 Å². The zero-order valence-electron chi connectivity index (χ0n) is 16.7. The number of carbonyl (C=O) groups is 2. The summed E-state index contributed by atoms with van der Waals surface area (Å²) in [5.74, 6) is -1.70. The van der Waals surface area contributed by atoms with Crippen LogP contribution in [0.25, 0.3) is 5.76 Å². The van der Waals surface area contributed by atoms with E-state index in [0.29, 0.717) is 23.5 Å². The van der Waals surface area contributed by atoms with Gasteiger partial charge in [-0.1, -0.05) is 19.1 Å². The van der Waals surface area contributed by atoms with E-state index in [1.165, 1.54) is 29.2 Å². The van der Waals surface area contributed by atoms with Crippen LogP contribution >= 0.6 is 0 Å². The van der Waals surface area contributed by atoms with Crippen LogP contribution in [0, 0.1) is 5.82 Å². The molecule has 0 aliphatic carbocycles. The highest BCUT2D eigenvalue weighted by Crippen LogP contribution is 2.39. The van der Waals surface area contributed by atoms with Gasteiger partial charge in [-0.25, -0.2) is 4.39 Å². The van der Waals surface area contributed by atoms with Gasteiger partial charge in [-0.05, 0) is 54.8 Å². The number of ketones is 1. The molecule has 30 heavy (non-hydrogen) atoms. The van der Waals surface area contributed by atoms with Crippen LogP contribution in [0.15, 0.2) is 54.1 Å². The van der Waals surface area contributed by atoms with Crippen molar-refractivity contribution < 1.29 is 28.9 Å². The third-order valence-corrected chi connectivity index (χ3v) is 4.88. The normalized spacial score (nSPS) is 18.1. The summed E-state index contributed by atoms with van der Waals surface area (Å²) in [5, 5.41) is 20.1. The highest BCUT2D eigenvalue weighted by atomic mass is 19.1. The zero-order valence-corrected chi connectivity index (χ0v) is 16.7. The lowest BCUT2D eigenvalue weighted by molar-refractivity contribution is -0.140. The third kappa shape index (κ3) is 4.36. The quantitative estimate of drug-likeness (QED) is 0.393. The lowest BCUT2D eigenvalue weighted by Gasteiger charge is -2.25. The number of Topliss-reactive ketones (excluding diaryl/α,β-unsaturated/α-hetero) is 1. The number of hydrogen-bond donors (Lipinski definition) is 2. The van der Waals surface area contributed by atoms with E-state index in [-0.39, 0.29) is 30.9 Å². The van der Waals surface area contributed by atoms with Crippen molar-refractivity contribution >= 4 is 17.4 Å². The minimum absolute atomic E-state index is 0.0632. The molecule has 1 amide bonds. The van der Waals surface area contributed by atoms with Crippen LogP contribution in [0.2, 0.25) is 0 Å². The van der Waals surface area contributed by atoms with Gasteiger partial charge < -0.3 is 19.8 Å². The maximum Gasteiger partial charge on any atom is 0.295 e. The number of amides is 1. The Morgan fingerprint density at radius 2 is 1.77 bits per heavy atom. The number of likely N-dealkylation sites (tertiary alicyclic amines) is 1. The lowest BCUT2D eigenvalue weighted by atomic mass is 9.95. The van der Waals surface area contributed by atoms with Crippen molar-refractivity contribution in [1.29, 1.82) is 0 Å². The number of aliphatic hydroxyl groups excluding tert-OH is 2. The molecule has 1 fully saturated rings. The van der Waals surface area contributed by atoms with Gasteiger partial charge in [0.2, 0.25) is 0 Å². The fourth-order valence-corrected chi connectivity index (χ4v) is 3.43. The molecule has 1 aliphatic heterocycles. The molecule has 3 rings (SSSR count). The zero-order chi connectivity index (χ0) is 21.7. The second-order valence-electron chi connectivity index (χ2n) is 6.99. The van der Waals surface area contributed by atoms with Crippen LogP contribution in [0.5, 0.6) is 5.75 Å². The van der Waals surface area contributed by atoms with Crippen LogP contribution in [0.1, 0.15) is 36.9 Å². The summed E-state index contributed by atoms with van der Waals surface area (Å²) in [6.07, 6.45) is 1.13. The van der Waals surface area contributed by atoms with Gasteiger partial charge in [-0.2, -0.15) is 0 Å². The largest absolute Gasteiger partial charge is 0.507 e. The van der Waals surface area contributed by atoms with Crippen LogP contribution in [-0.2, 0) is 9.59 Å². The summed E-state index contributed by atoms with van der Waals surface area (Å²) in [4.78, 5) is 26.7. The Labute approximate surface area is 174 Å². The Balaban J connectivity index is 2.04. The third-order valence-electron chi connectivity index (χ3n) is 4.88. The van der Waals surface area contributed by atoms with Crippen molar-refractivity contribution in [1.82, 2.24) is 4.90 Å². The van der Waals surface area contributed by atoms with Gasteiger partial charge in [-0.3, -0.25) is 9.59 Å². The lowest BCUT2D eigenvalue weighted by Crippen LogP contribution is -2.31. The summed E-state index contributed by atoms with van der Waals surface area (Å²) in [7, 11) is 0. The molecule has 0 radical (unpaired) electrons. The van der Waals surface area contributed by atoms with Crippen molar-refractivity contribution in [2.45, 2.75) is 25.8 Å². The maximum absolute atomic E-state index is 13.4. The van der Waals surface area contributed by atoms with Crippen molar-refractivity contribution in [3.63, 3.8) is 0 Å². The Morgan fingerprint density at radius 1 is 1.10 bits per heavy atom. The monoisotopic (exact) mass is 413 g/mol. The average Bonchev–Trinajstić information content (AvgIpc) is 3.01. The highest BCUT2D eigenvalue weighted by molar-refractivity contribution is 6.46. The number of aliphatic hydroxyl groups is 2. The molecule has 0 bridgehead atoms. The fourth-order valence-electron chi connectivity index (χ4n) is 3.43. The van der Waals surface area contributed by atoms with Crippen molar-refractivity contribution in [3.05, 3.63) is 71.0 Å². The predicted octanol–water partition coefficient (Wildman–Crippen LogP) is 3.42. The van der Waals surface area contributed by atoms with Gasteiger partial charge in [0.05, 0.1) is 18.2 Å². The molecule has 1 aliphatic rings. The molecule has 1 heterocycles. The first-order chi connectivity index (χ1) is 14.5. The van der Waals surface area contributed by atoms with Crippen molar-refractivity contribution in [2.75, 3.05) is 19.8 Å². The second kappa shape index (κ2) is 9.54. The van der Waals surface area contributed by atoms with E-state index in [0.717, 1.165) is 6.42 Å². The van der Waals surface area contributed by atoms with Gasteiger partial charge in [0, 0.05) is 18.7 Å². The van der Waals surface area contributed by atoms with Crippen LogP contribution in [0.3, 0.4) is 0 Å². The number of rotatable bonds is 8. The van der Waals surface area contributed by atoms with Crippen LogP contribution in [0.4, 0.5) is 4.39 Å². The Morgan fingerprint density at radius 3 is 2.37 bits per heavy atom. The molecule has 1 unspecified atom stereocenters. The molecule has 6 nitrogen and oxygen atoms in total. The van der Waals surface area contributed by atoms with Crippen LogP contribution in [-0.4, -0.2) is 46.6 Å². The molecule has 1 saturated heterocycles. The predicted molar refractivity (Wildman–Crippen MR) is 109 cm³/mol. The maximum atomic E-state index is 13.4. The van der Waals surface area contributed by atoms with E-state index in [9.17, 15) is 19.1 Å². The SMILES string of the molecule is CCCOc1ccc(/C(O)=C2\C(=O)C(=O)N(CCCO)C2c2ccc(F)cc2)cc1. The van der Waals surface area contributed by atoms with E-state index in [1.54, 1.807) is 24.3 Å². The van der Waals surface area contributed by atoms with Gasteiger partial charge in [-0.15, -0.1) is 0 Å². The van der Waals surface area contributed by atoms with E-state index >= 15 is 0 Å². The Hall–Kier alpha value is -3.19. The summed E-state index contributed by atoms with van der Waals surface area (Å²) in [6.45, 7) is 2.53. The molecule has 2 aromatic carbocycles. The molecular formula is C23H24FNO5. The molecule has 0 spiro atoms. The first kappa shape index (κ1) is 21.5. The standard InChI is InChI=1S/C23H24FNO5/c1-2-14-30-18-10-6-16(7-11-18)21(27)19-20(15-4-8-17(24)9-5-15)25(12-3-13-26)23(29)22(19)28/h4-11,20,26-27H,2-3,12-14H2,1H3/b21-19+. The number of halogens is 1. The second-order valence-corrected chi connectivity index (χ2v) is 6.99. The molecule has 158 valence electrons. The Kier molecular flexibility index (Phi) is 6.84. The van der Waals surface area contributed by atoms with E-state index in [2.05, 4.69) is 0 Å². The first-order valence-corrected chi connectivity index (χ1v) is 9.86. The van der Waals surface area contributed by atoms with Crippen LogP contribution < -0.4 is 4.74 Å². The number of hydrogen-bond acceptors (Lipinski definition) is 5. The average molecular weight is 413 g/mol. The van der Waals surface area contributed by atoms with Crippen molar-refractivity contribution in [2.24, 2.45) is 0 Å². The van der Waals surface area contributed by atoms with Gasteiger partial charge in [0.15, 0.2) is 0 Å². The minimum atomic E-state index is -0.867. The Bertz CT molecular complexity index is 937. The van der Waals surface area contributed by atoms with Gasteiger partial charge in [0.1, 0.15) is 17.3 Å². The molecule has 1 atom stereocenters. The fraction of sp³-hybridized carbons (Fsp3) is 0.304. The summed E-state index contributed by atoms with van der Waals surface area (Å²) >= 11 is 0. The molecular weight excluding hydrogens is 389 g/mol. The number of ether oxygens (including phenoxy) is 1. The number of benzene rings is 2. The molecule has 2 N–H and O–H groups in total. The molecule has 0 saturated carbocycles. The highest BCUT2D eigenvalue weighted by Gasteiger charge is 2.45. The summed E-state index contributed by atoms with van der Waals surface area (Å²) < 4.78 is 19.0. The number of nitrogens with zero attached hydrogens (tertiary/aromatic N) is 1. The smallest absolute Gasteiger partial charge is 0.295 e. The topological polar surface area (TPSA) is 87.1 Å². The van der Waals surface area contributed by atoms with Gasteiger partial charge >= 0.3 is 0 Å². The number of carbonyl (C=O) groups excluding carboxylic acids is 2.